The summed E-state index contributed by atoms with van der Waals surface area (Å²) in [6.45, 7) is 8.57. The molecule has 1 fully saturated rings. The number of hydrogen-bond donors (Lipinski definition) is 2. The van der Waals surface area contributed by atoms with E-state index in [2.05, 4.69) is 33.9 Å². The lowest BCUT2D eigenvalue weighted by molar-refractivity contribution is -0.151. The fourth-order valence-electron chi connectivity index (χ4n) is 3.23. The van der Waals surface area contributed by atoms with Crippen LogP contribution in [-0.4, -0.2) is 84.7 Å². The smallest absolute Gasteiger partial charge is 0.312 e. The van der Waals surface area contributed by atoms with Crippen LogP contribution in [0.3, 0.4) is 0 Å². The summed E-state index contributed by atoms with van der Waals surface area (Å²) in [5.41, 5.74) is 0.644. The standard InChI is InChI=1S/C20H32N4O4/c1-15(2)12-22-18(25)14-24-10-8-23(9-11-24)13-17(20(27)28-3)19(26)16-4-6-21-7-5-16/h4-7,15,17,19,26H,8-14H2,1-3H3,(H,22,25)/t17-,19+/m0/s1. The first-order valence-electron chi connectivity index (χ1n) is 9.78. The van der Waals surface area contributed by atoms with Gasteiger partial charge in [0.15, 0.2) is 0 Å². The van der Waals surface area contributed by atoms with Gasteiger partial charge >= 0.3 is 5.97 Å². The van der Waals surface area contributed by atoms with Crippen molar-refractivity contribution in [3.8, 4) is 0 Å². The van der Waals surface area contributed by atoms with Gasteiger partial charge in [-0.25, -0.2) is 0 Å². The highest BCUT2D eigenvalue weighted by Crippen LogP contribution is 2.24. The van der Waals surface area contributed by atoms with Gasteiger partial charge < -0.3 is 15.2 Å². The van der Waals surface area contributed by atoms with Crippen molar-refractivity contribution in [2.45, 2.75) is 20.0 Å². The molecule has 0 radical (unpaired) electrons. The summed E-state index contributed by atoms with van der Waals surface area (Å²) in [6, 6.07) is 3.41. The van der Waals surface area contributed by atoms with Gasteiger partial charge in [0.2, 0.25) is 5.91 Å². The number of carbonyl (C=O) groups is 2. The first kappa shape index (κ1) is 22.3. The molecule has 1 aromatic heterocycles. The SMILES string of the molecule is COC(=O)[C@@H](CN1CCN(CC(=O)NCC(C)C)CC1)[C@H](O)c1ccncc1. The minimum absolute atomic E-state index is 0.0442. The maximum Gasteiger partial charge on any atom is 0.312 e. The van der Waals surface area contributed by atoms with E-state index in [-0.39, 0.29) is 5.91 Å². The topological polar surface area (TPSA) is 95.0 Å². The molecule has 0 aliphatic carbocycles. The Labute approximate surface area is 166 Å². The number of aliphatic hydroxyl groups excluding tert-OH is 1. The lowest BCUT2D eigenvalue weighted by Gasteiger charge is -2.36. The van der Waals surface area contributed by atoms with Crippen LogP contribution in [0.1, 0.15) is 25.5 Å². The molecule has 0 saturated carbocycles. The van der Waals surface area contributed by atoms with E-state index >= 15 is 0 Å². The number of aliphatic hydroxyl groups is 1. The number of nitrogens with zero attached hydrogens (tertiary/aromatic N) is 3. The molecule has 2 rings (SSSR count). The molecule has 1 aliphatic rings. The van der Waals surface area contributed by atoms with Crippen LogP contribution in [-0.2, 0) is 14.3 Å². The summed E-state index contributed by atoms with van der Waals surface area (Å²) in [5, 5.41) is 13.6. The van der Waals surface area contributed by atoms with E-state index in [0.717, 1.165) is 26.2 Å². The molecular weight excluding hydrogens is 360 g/mol. The van der Waals surface area contributed by atoms with Crippen LogP contribution in [0.25, 0.3) is 0 Å². The number of hydrogen-bond acceptors (Lipinski definition) is 7. The Kier molecular flexibility index (Phi) is 8.82. The van der Waals surface area contributed by atoms with E-state index in [1.807, 2.05) is 0 Å². The molecule has 2 N–H and O–H groups in total. The summed E-state index contributed by atoms with van der Waals surface area (Å²) in [6.07, 6.45) is 2.24. The molecule has 8 nitrogen and oxygen atoms in total. The predicted octanol–water partition coefficient (Wildman–Crippen LogP) is 0.294. The fraction of sp³-hybridized carbons (Fsp3) is 0.650. The van der Waals surface area contributed by atoms with Crippen molar-refractivity contribution in [3.05, 3.63) is 30.1 Å². The van der Waals surface area contributed by atoms with Gasteiger partial charge in [0.1, 0.15) is 0 Å². The van der Waals surface area contributed by atoms with Crippen molar-refractivity contribution in [3.63, 3.8) is 0 Å². The van der Waals surface area contributed by atoms with E-state index in [9.17, 15) is 14.7 Å². The first-order valence-corrected chi connectivity index (χ1v) is 9.78. The van der Waals surface area contributed by atoms with Crippen LogP contribution in [0, 0.1) is 11.8 Å². The molecule has 0 unspecified atom stereocenters. The number of piperazine rings is 1. The Hall–Kier alpha value is -2.03. The van der Waals surface area contributed by atoms with Crippen molar-refractivity contribution < 1.29 is 19.4 Å². The Morgan fingerprint density at radius 2 is 1.79 bits per heavy atom. The largest absolute Gasteiger partial charge is 0.469 e. The minimum Gasteiger partial charge on any atom is -0.469 e. The first-order chi connectivity index (χ1) is 13.4. The zero-order valence-corrected chi connectivity index (χ0v) is 17.0. The van der Waals surface area contributed by atoms with E-state index in [0.29, 0.717) is 31.1 Å². The molecule has 28 heavy (non-hydrogen) atoms. The van der Waals surface area contributed by atoms with Crippen LogP contribution in [0.15, 0.2) is 24.5 Å². The van der Waals surface area contributed by atoms with Crippen molar-refractivity contribution in [2.75, 3.05) is 52.9 Å². The second kappa shape index (κ2) is 11.1. The number of aromatic nitrogens is 1. The number of amides is 1. The highest BCUT2D eigenvalue weighted by Gasteiger charge is 2.32. The van der Waals surface area contributed by atoms with Crippen LogP contribution >= 0.6 is 0 Å². The van der Waals surface area contributed by atoms with Crippen molar-refractivity contribution >= 4 is 11.9 Å². The van der Waals surface area contributed by atoms with Gasteiger partial charge in [-0.1, -0.05) is 13.8 Å². The van der Waals surface area contributed by atoms with E-state index in [1.54, 1.807) is 24.5 Å². The number of nitrogens with one attached hydrogen (secondary N) is 1. The molecule has 8 heteroatoms. The van der Waals surface area contributed by atoms with Gasteiger partial charge in [0.05, 0.1) is 25.7 Å². The Balaban J connectivity index is 1.86. The average Bonchev–Trinajstić information content (AvgIpc) is 2.71. The van der Waals surface area contributed by atoms with Crippen LogP contribution in [0.4, 0.5) is 0 Å². The number of rotatable bonds is 9. The second-order valence-electron chi connectivity index (χ2n) is 7.63. The fourth-order valence-corrected chi connectivity index (χ4v) is 3.23. The molecule has 1 aliphatic heterocycles. The van der Waals surface area contributed by atoms with Crippen molar-refractivity contribution in [1.82, 2.24) is 20.1 Å². The Bertz CT molecular complexity index is 618. The van der Waals surface area contributed by atoms with Crippen LogP contribution < -0.4 is 5.32 Å². The summed E-state index contributed by atoms with van der Waals surface area (Å²) in [4.78, 5) is 32.4. The molecule has 0 aromatic carbocycles. The molecule has 1 aromatic rings. The molecule has 1 amide bonds. The lowest BCUT2D eigenvalue weighted by atomic mass is 9.95. The number of methoxy groups -OCH3 is 1. The highest BCUT2D eigenvalue weighted by atomic mass is 16.5. The molecule has 2 atom stereocenters. The summed E-state index contributed by atoms with van der Waals surface area (Å²) in [5.74, 6) is -0.626. The van der Waals surface area contributed by atoms with Crippen LogP contribution in [0.5, 0.6) is 0 Å². The van der Waals surface area contributed by atoms with Gasteiger partial charge in [-0.05, 0) is 23.6 Å². The molecule has 0 spiro atoms. The van der Waals surface area contributed by atoms with Gasteiger partial charge in [-0.3, -0.25) is 24.4 Å². The zero-order chi connectivity index (χ0) is 20.5. The normalized spacial score (nSPS) is 17.9. The van der Waals surface area contributed by atoms with Gasteiger partial charge in [0.25, 0.3) is 0 Å². The highest BCUT2D eigenvalue weighted by molar-refractivity contribution is 5.78. The minimum atomic E-state index is -0.949. The monoisotopic (exact) mass is 392 g/mol. The van der Waals surface area contributed by atoms with Crippen molar-refractivity contribution in [2.24, 2.45) is 11.8 Å². The van der Waals surface area contributed by atoms with Crippen molar-refractivity contribution in [1.29, 1.82) is 0 Å². The van der Waals surface area contributed by atoms with Gasteiger partial charge in [0, 0.05) is 51.7 Å². The summed E-state index contributed by atoms with van der Waals surface area (Å²) < 4.78 is 4.91. The Morgan fingerprint density at radius 3 is 2.36 bits per heavy atom. The number of ether oxygens (including phenoxy) is 1. The van der Waals surface area contributed by atoms with Gasteiger partial charge in [-0.2, -0.15) is 0 Å². The van der Waals surface area contributed by atoms with E-state index in [1.165, 1.54) is 7.11 Å². The third kappa shape index (κ3) is 6.85. The Morgan fingerprint density at radius 1 is 1.18 bits per heavy atom. The molecule has 1 saturated heterocycles. The number of carbonyl (C=O) groups excluding carboxylic acids is 2. The summed E-state index contributed by atoms with van der Waals surface area (Å²) >= 11 is 0. The third-order valence-electron chi connectivity index (χ3n) is 4.93. The van der Waals surface area contributed by atoms with E-state index < -0.39 is 18.0 Å². The maximum absolute atomic E-state index is 12.2. The van der Waals surface area contributed by atoms with E-state index in [4.69, 9.17) is 4.74 Å². The average molecular weight is 393 g/mol. The second-order valence-corrected chi connectivity index (χ2v) is 7.63. The third-order valence-corrected chi connectivity index (χ3v) is 4.93. The molecule has 2 heterocycles. The summed E-state index contributed by atoms with van der Waals surface area (Å²) in [7, 11) is 1.34. The van der Waals surface area contributed by atoms with Crippen LogP contribution in [0.2, 0.25) is 0 Å². The predicted molar refractivity (Wildman–Crippen MR) is 105 cm³/mol. The molecular formula is C20H32N4O4. The zero-order valence-electron chi connectivity index (χ0n) is 17.0. The lowest BCUT2D eigenvalue weighted by Crippen LogP contribution is -2.51. The molecule has 156 valence electrons. The number of esters is 1. The number of pyridine rings is 1. The quantitative estimate of drug-likeness (QED) is 0.584. The van der Waals surface area contributed by atoms with Gasteiger partial charge in [-0.15, -0.1) is 0 Å². The maximum atomic E-state index is 12.2. The molecule has 0 bridgehead atoms.